The van der Waals surface area contributed by atoms with Crippen molar-refractivity contribution in [3.05, 3.63) is 12.2 Å². The first-order valence-electron chi connectivity index (χ1n) is 13.7. The van der Waals surface area contributed by atoms with E-state index in [1.807, 2.05) is 6.08 Å². The monoisotopic (exact) mass is 541 g/mol. The molecule has 0 aliphatic carbocycles. The van der Waals surface area contributed by atoms with Crippen LogP contribution in [0.25, 0.3) is 0 Å². The number of ether oxygens (including phenoxy) is 3. The SMILES string of the molecule is CCOC(=O)C(C(=O)OCC)[C@H]1C=CC[C@H](CCCCCO[Si](C)(C)C(C)(C)C)N1C(=O)OC(C)(C)C. The fraction of sp³-hybridized carbons (Fsp3) is 0.821. The summed E-state index contributed by atoms with van der Waals surface area (Å²) in [4.78, 5) is 40.7. The Morgan fingerprint density at radius 1 is 0.946 bits per heavy atom. The average Bonchev–Trinajstić information content (AvgIpc) is 2.74. The number of amides is 1. The first-order chi connectivity index (χ1) is 17.1. The van der Waals surface area contributed by atoms with Crippen molar-refractivity contribution in [2.45, 2.75) is 123 Å². The van der Waals surface area contributed by atoms with Gasteiger partial charge in [0.05, 0.1) is 19.3 Å². The van der Waals surface area contributed by atoms with Crippen LogP contribution in [-0.4, -0.2) is 68.8 Å². The van der Waals surface area contributed by atoms with Gasteiger partial charge in [-0.15, -0.1) is 0 Å². The van der Waals surface area contributed by atoms with E-state index < -0.39 is 43.9 Å². The number of esters is 2. The van der Waals surface area contributed by atoms with E-state index in [0.29, 0.717) is 6.42 Å². The minimum atomic E-state index is -1.77. The highest BCUT2D eigenvalue weighted by molar-refractivity contribution is 6.74. The zero-order chi connectivity index (χ0) is 28.4. The van der Waals surface area contributed by atoms with E-state index in [9.17, 15) is 14.4 Å². The van der Waals surface area contributed by atoms with Crippen LogP contribution in [0.4, 0.5) is 4.79 Å². The Morgan fingerprint density at radius 2 is 1.51 bits per heavy atom. The first-order valence-corrected chi connectivity index (χ1v) is 16.6. The van der Waals surface area contributed by atoms with Crippen LogP contribution in [0.2, 0.25) is 18.1 Å². The van der Waals surface area contributed by atoms with Crippen molar-refractivity contribution in [2.75, 3.05) is 19.8 Å². The lowest BCUT2D eigenvalue weighted by atomic mass is 9.90. The normalized spacial score (nSPS) is 18.6. The molecule has 0 aromatic rings. The van der Waals surface area contributed by atoms with Gasteiger partial charge in [-0.05, 0) is 72.0 Å². The second-order valence-corrected chi connectivity index (χ2v) is 16.9. The Balaban J connectivity index is 3.02. The zero-order valence-electron chi connectivity index (χ0n) is 24.8. The molecule has 0 unspecified atom stereocenters. The summed E-state index contributed by atoms with van der Waals surface area (Å²) >= 11 is 0. The fourth-order valence-corrected chi connectivity index (χ4v) is 5.07. The van der Waals surface area contributed by atoms with Crippen LogP contribution >= 0.6 is 0 Å². The molecular formula is C28H51NO7Si. The van der Waals surface area contributed by atoms with Gasteiger partial charge >= 0.3 is 18.0 Å². The van der Waals surface area contributed by atoms with Crippen LogP contribution < -0.4 is 0 Å². The Bertz CT molecular complexity index is 764. The van der Waals surface area contributed by atoms with Crippen molar-refractivity contribution >= 4 is 26.3 Å². The number of unbranched alkanes of at least 4 members (excludes halogenated alkanes) is 2. The number of hydrogen-bond donors (Lipinski definition) is 0. The van der Waals surface area contributed by atoms with E-state index >= 15 is 0 Å². The summed E-state index contributed by atoms with van der Waals surface area (Å²) in [5.74, 6) is -2.68. The lowest BCUT2D eigenvalue weighted by molar-refractivity contribution is -0.164. The van der Waals surface area contributed by atoms with Crippen molar-refractivity contribution < 1.29 is 33.0 Å². The van der Waals surface area contributed by atoms with Gasteiger partial charge in [0.15, 0.2) is 14.2 Å². The number of carbonyl (C=O) groups is 3. The molecule has 1 heterocycles. The van der Waals surface area contributed by atoms with Gasteiger partial charge in [0.25, 0.3) is 0 Å². The van der Waals surface area contributed by atoms with Crippen LogP contribution in [0.3, 0.4) is 0 Å². The van der Waals surface area contributed by atoms with Crippen molar-refractivity contribution in [3.63, 3.8) is 0 Å². The molecular weight excluding hydrogens is 490 g/mol. The third-order valence-electron chi connectivity index (χ3n) is 6.93. The van der Waals surface area contributed by atoms with Crippen LogP contribution in [0, 0.1) is 5.92 Å². The molecule has 1 amide bonds. The van der Waals surface area contributed by atoms with Gasteiger partial charge in [0.1, 0.15) is 5.60 Å². The number of hydrogen-bond acceptors (Lipinski definition) is 7. The summed E-state index contributed by atoms with van der Waals surface area (Å²) in [6.45, 7) is 20.9. The largest absolute Gasteiger partial charge is 0.465 e. The molecule has 8 nitrogen and oxygen atoms in total. The summed E-state index contributed by atoms with van der Waals surface area (Å²) in [7, 11) is -1.77. The second-order valence-electron chi connectivity index (χ2n) is 12.1. The third kappa shape index (κ3) is 10.4. The maximum absolute atomic E-state index is 13.4. The number of nitrogens with zero attached hydrogens (tertiary/aromatic N) is 1. The Kier molecular flexibility index (Phi) is 12.8. The van der Waals surface area contributed by atoms with Crippen LogP contribution in [0.5, 0.6) is 0 Å². The highest BCUT2D eigenvalue weighted by Crippen LogP contribution is 2.36. The van der Waals surface area contributed by atoms with Gasteiger partial charge in [-0.25, -0.2) is 4.79 Å². The molecule has 1 aliphatic heterocycles. The molecule has 0 bridgehead atoms. The number of rotatable bonds is 12. The number of carbonyl (C=O) groups excluding carboxylic acids is 3. The van der Waals surface area contributed by atoms with E-state index in [2.05, 4.69) is 33.9 Å². The summed E-state index contributed by atoms with van der Waals surface area (Å²) in [5, 5.41) is 0.179. The van der Waals surface area contributed by atoms with E-state index in [-0.39, 0.29) is 24.3 Å². The molecule has 1 rings (SSSR count). The molecule has 214 valence electrons. The van der Waals surface area contributed by atoms with Gasteiger partial charge in [-0.2, -0.15) is 0 Å². The summed E-state index contributed by atoms with van der Waals surface area (Å²) in [6.07, 6.45) is 7.24. The Labute approximate surface area is 225 Å². The molecule has 0 radical (unpaired) electrons. The second kappa shape index (κ2) is 14.3. The lowest BCUT2D eigenvalue weighted by Crippen LogP contribution is -2.56. The lowest BCUT2D eigenvalue weighted by Gasteiger charge is -2.41. The predicted octanol–water partition coefficient (Wildman–Crippen LogP) is 6.25. The van der Waals surface area contributed by atoms with Crippen molar-refractivity contribution in [1.29, 1.82) is 0 Å². The summed E-state index contributed by atoms with van der Waals surface area (Å²) < 4.78 is 22.4. The zero-order valence-corrected chi connectivity index (χ0v) is 25.8. The Morgan fingerprint density at radius 3 is 2.00 bits per heavy atom. The van der Waals surface area contributed by atoms with E-state index in [0.717, 1.165) is 32.3 Å². The molecule has 37 heavy (non-hydrogen) atoms. The molecule has 2 atom stereocenters. The fourth-order valence-electron chi connectivity index (χ4n) is 3.98. The Hall–Kier alpha value is -1.87. The smallest absolute Gasteiger partial charge is 0.411 e. The van der Waals surface area contributed by atoms with Crippen molar-refractivity contribution in [3.8, 4) is 0 Å². The molecule has 0 aromatic carbocycles. The van der Waals surface area contributed by atoms with Crippen molar-refractivity contribution in [2.24, 2.45) is 5.92 Å². The average molecular weight is 542 g/mol. The maximum atomic E-state index is 13.4. The topological polar surface area (TPSA) is 91.4 Å². The van der Waals surface area contributed by atoms with Gasteiger partial charge < -0.3 is 18.6 Å². The first kappa shape index (κ1) is 33.2. The molecule has 0 N–H and O–H groups in total. The molecule has 0 saturated heterocycles. The molecule has 9 heteroatoms. The molecule has 0 saturated carbocycles. The molecule has 0 aromatic heterocycles. The van der Waals surface area contributed by atoms with Crippen LogP contribution in [0.15, 0.2) is 12.2 Å². The molecule has 0 spiro atoms. The minimum absolute atomic E-state index is 0.123. The minimum Gasteiger partial charge on any atom is -0.465 e. The standard InChI is InChI=1S/C28H51NO7Si/c1-11-33-24(30)23(25(31)34-12-2)22-19-16-18-21(29(22)26(32)36-27(3,4)5)17-14-13-15-20-35-37(9,10)28(6,7)8/h16,19,21-23H,11-15,17-18,20H2,1-10H3/t21-,22+/m0/s1. The van der Waals surface area contributed by atoms with Crippen molar-refractivity contribution in [1.82, 2.24) is 4.90 Å². The maximum Gasteiger partial charge on any atom is 0.411 e. The van der Waals surface area contributed by atoms with Gasteiger partial charge in [-0.1, -0.05) is 45.8 Å². The van der Waals surface area contributed by atoms with E-state index in [1.165, 1.54) is 0 Å². The van der Waals surface area contributed by atoms with Crippen LogP contribution in [-0.2, 0) is 28.2 Å². The van der Waals surface area contributed by atoms with E-state index in [4.69, 9.17) is 18.6 Å². The molecule has 0 fully saturated rings. The van der Waals surface area contributed by atoms with Gasteiger partial charge in [0, 0.05) is 12.6 Å². The van der Waals surface area contributed by atoms with E-state index in [1.54, 1.807) is 45.6 Å². The van der Waals surface area contributed by atoms with Gasteiger partial charge in [0.2, 0.25) is 0 Å². The summed E-state index contributed by atoms with van der Waals surface area (Å²) in [6, 6.07) is -1.05. The highest BCUT2D eigenvalue weighted by Gasteiger charge is 2.45. The summed E-state index contributed by atoms with van der Waals surface area (Å²) in [5.41, 5.74) is -0.724. The van der Waals surface area contributed by atoms with Crippen LogP contribution in [0.1, 0.15) is 87.5 Å². The predicted molar refractivity (Wildman–Crippen MR) is 148 cm³/mol. The third-order valence-corrected chi connectivity index (χ3v) is 11.5. The highest BCUT2D eigenvalue weighted by atomic mass is 28.4. The quantitative estimate of drug-likeness (QED) is 0.0720. The van der Waals surface area contributed by atoms with Gasteiger partial charge in [-0.3, -0.25) is 14.5 Å². The molecule has 1 aliphatic rings.